The lowest BCUT2D eigenvalue weighted by Gasteiger charge is -2.05. The molecule has 1 aromatic carbocycles. The van der Waals surface area contributed by atoms with Crippen molar-refractivity contribution in [2.45, 2.75) is 13.8 Å². The van der Waals surface area contributed by atoms with Gasteiger partial charge in [0.1, 0.15) is 11.3 Å². The van der Waals surface area contributed by atoms with Crippen LogP contribution in [-0.2, 0) is 4.79 Å². The normalized spacial score (nSPS) is 10.5. The molecule has 0 spiro atoms. The van der Waals surface area contributed by atoms with Crippen LogP contribution in [0, 0.1) is 6.92 Å². The van der Waals surface area contributed by atoms with E-state index in [-0.39, 0.29) is 11.8 Å². The number of benzene rings is 1. The van der Waals surface area contributed by atoms with Gasteiger partial charge in [-0.15, -0.1) is 0 Å². The summed E-state index contributed by atoms with van der Waals surface area (Å²) in [4.78, 5) is 27.6. The van der Waals surface area contributed by atoms with Gasteiger partial charge in [0, 0.05) is 30.7 Å². The third kappa shape index (κ3) is 3.37. The summed E-state index contributed by atoms with van der Waals surface area (Å²) in [7, 11) is 0. The third-order valence-corrected chi connectivity index (χ3v) is 3.31. The molecule has 0 atom stereocenters. The van der Waals surface area contributed by atoms with Crippen LogP contribution >= 0.6 is 0 Å². The van der Waals surface area contributed by atoms with Crippen molar-refractivity contribution in [1.82, 2.24) is 9.38 Å². The van der Waals surface area contributed by atoms with E-state index >= 15 is 0 Å². The maximum absolute atomic E-state index is 12.3. The molecule has 6 heteroatoms. The fourth-order valence-corrected chi connectivity index (χ4v) is 2.23. The standard InChI is InChI=1S/C17H16N4O2/c1-11-7-8-21-10-15(20-16(21)9-11)17(23)19-14-5-3-13(4-6-14)18-12(2)22/h3-10H,1-2H3,(H,18,22)(H,19,23). The van der Waals surface area contributed by atoms with E-state index in [2.05, 4.69) is 15.6 Å². The van der Waals surface area contributed by atoms with E-state index in [9.17, 15) is 9.59 Å². The molecule has 23 heavy (non-hydrogen) atoms. The van der Waals surface area contributed by atoms with Crippen molar-refractivity contribution < 1.29 is 9.59 Å². The van der Waals surface area contributed by atoms with E-state index in [1.54, 1.807) is 30.5 Å². The number of carbonyl (C=O) groups excluding carboxylic acids is 2. The number of pyridine rings is 1. The second-order valence-corrected chi connectivity index (χ2v) is 5.31. The molecule has 0 saturated carbocycles. The van der Waals surface area contributed by atoms with Crippen LogP contribution in [0.5, 0.6) is 0 Å². The van der Waals surface area contributed by atoms with Gasteiger partial charge in [0.2, 0.25) is 5.91 Å². The fourth-order valence-electron chi connectivity index (χ4n) is 2.23. The summed E-state index contributed by atoms with van der Waals surface area (Å²) < 4.78 is 1.81. The summed E-state index contributed by atoms with van der Waals surface area (Å²) >= 11 is 0. The Morgan fingerprint density at radius 1 is 1.04 bits per heavy atom. The maximum atomic E-state index is 12.3. The van der Waals surface area contributed by atoms with Crippen LogP contribution in [0.3, 0.4) is 0 Å². The Kier molecular flexibility index (Phi) is 3.80. The van der Waals surface area contributed by atoms with Crippen molar-refractivity contribution in [2.75, 3.05) is 10.6 Å². The van der Waals surface area contributed by atoms with Crippen LogP contribution in [0.1, 0.15) is 23.0 Å². The maximum Gasteiger partial charge on any atom is 0.275 e. The zero-order valence-electron chi connectivity index (χ0n) is 12.8. The lowest BCUT2D eigenvalue weighted by atomic mass is 10.2. The van der Waals surface area contributed by atoms with Gasteiger partial charge < -0.3 is 15.0 Å². The number of anilines is 2. The highest BCUT2D eigenvalue weighted by Gasteiger charge is 2.11. The van der Waals surface area contributed by atoms with Gasteiger partial charge in [-0.25, -0.2) is 4.98 Å². The predicted molar refractivity (Wildman–Crippen MR) is 88.6 cm³/mol. The van der Waals surface area contributed by atoms with Crippen LogP contribution in [0.15, 0.2) is 48.8 Å². The highest BCUT2D eigenvalue weighted by atomic mass is 16.2. The zero-order valence-corrected chi connectivity index (χ0v) is 12.8. The molecule has 0 fully saturated rings. The molecule has 3 rings (SSSR count). The molecule has 0 aliphatic carbocycles. The van der Waals surface area contributed by atoms with Gasteiger partial charge >= 0.3 is 0 Å². The highest BCUT2D eigenvalue weighted by Crippen LogP contribution is 2.15. The van der Waals surface area contributed by atoms with Crippen LogP contribution in [0.4, 0.5) is 11.4 Å². The molecule has 0 radical (unpaired) electrons. The smallest absolute Gasteiger partial charge is 0.275 e. The first-order valence-electron chi connectivity index (χ1n) is 7.15. The molecule has 2 N–H and O–H groups in total. The summed E-state index contributed by atoms with van der Waals surface area (Å²) in [5.74, 6) is -0.416. The highest BCUT2D eigenvalue weighted by molar-refractivity contribution is 6.03. The van der Waals surface area contributed by atoms with Gasteiger partial charge in [0.15, 0.2) is 0 Å². The van der Waals surface area contributed by atoms with Crippen LogP contribution < -0.4 is 10.6 Å². The number of rotatable bonds is 3. The van der Waals surface area contributed by atoms with E-state index in [1.165, 1.54) is 6.92 Å². The third-order valence-electron chi connectivity index (χ3n) is 3.31. The second-order valence-electron chi connectivity index (χ2n) is 5.31. The minimum atomic E-state index is -0.279. The van der Waals surface area contributed by atoms with Crippen molar-refractivity contribution in [3.8, 4) is 0 Å². The van der Waals surface area contributed by atoms with Gasteiger partial charge in [-0.1, -0.05) is 0 Å². The first-order chi connectivity index (χ1) is 11.0. The first-order valence-corrected chi connectivity index (χ1v) is 7.15. The Hall–Kier alpha value is -3.15. The van der Waals surface area contributed by atoms with Crippen molar-refractivity contribution in [1.29, 1.82) is 0 Å². The minimum absolute atomic E-state index is 0.137. The van der Waals surface area contributed by atoms with Crippen LogP contribution in [0.2, 0.25) is 0 Å². The molecule has 0 unspecified atom stereocenters. The summed E-state index contributed by atoms with van der Waals surface area (Å²) in [6.45, 7) is 3.42. The summed E-state index contributed by atoms with van der Waals surface area (Å²) in [6.07, 6.45) is 3.56. The largest absolute Gasteiger partial charge is 0.326 e. The van der Waals surface area contributed by atoms with Crippen LogP contribution in [-0.4, -0.2) is 21.2 Å². The van der Waals surface area contributed by atoms with E-state index in [4.69, 9.17) is 0 Å². The lowest BCUT2D eigenvalue weighted by molar-refractivity contribution is -0.114. The molecule has 3 aromatic rings. The molecule has 0 bridgehead atoms. The Morgan fingerprint density at radius 2 is 1.70 bits per heavy atom. The summed E-state index contributed by atoms with van der Waals surface area (Å²) in [6, 6.07) is 10.8. The van der Waals surface area contributed by atoms with Gasteiger partial charge in [0.25, 0.3) is 5.91 Å². The van der Waals surface area contributed by atoms with E-state index in [1.807, 2.05) is 29.7 Å². The number of fused-ring (bicyclic) bond motifs is 1. The predicted octanol–water partition coefficient (Wildman–Crippen LogP) is 2.85. The monoisotopic (exact) mass is 308 g/mol. The molecule has 2 aromatic heterocycles. The topological polar surface area (TPSA) is 75.5 Å². The van der Waals surface area contributed by atoms with Crippen molar-refractivity contribution in [2.24, 2.45) is 0 Å². The van der Waals surface area contributed by atoms with E-state index < -0.39 is 0 Å². The number of imidazole rings is 1. The Bertz CT molecular complexity index is 881. The Balaban J connectivity index is 1.76. The Morgan fingerprint density at radius 3 is 2.35 bits per heavy atom. The number of hydrogen-bond acceptors (Lipinski definition) is 3. The minimum Gasteiger partial charge on any atom is -0.326 e. The molecule has 2 heterocycles. The second kappa shape index (κ2) is 5.92. The number of nitrogens with one attached hydrogen (secondary N) is 2. The van der Waals surface area contributed by atoms with Gasteiger partial charge in [-0.3, -0.25) is 9.59 Å². The number of carbonyl (C=O) groups is 2. The van der Waals surface area contributed by atoms with E-state index in [0.29, 0.717) is 17.1 Å². The number of nitrogens with zero attached hydrogens (tertiary/aromatic N) is 2. The van der Waals surface area contributed by atoms with Gasteiger partial charge in [-0.2, -0.15) is 0 Å². The SMILES string of the molecule is CC(=O)Nc1ccc(NC(=O)c2cn3ccc(C)cc3n2)cc1. The molecule has 6 nitrogen and oxygen atoms in total. The number of aromatic nitrogens is 2. The molecule has 0 aliphatic rings. The van der Waals surface area contributed by atoms with Crippen molar-refractivity contribution in [3.05, 3.63) is 60.0 Å². The lowest BCUT2D eigenvalue weighted by Crippen LogP contribution is -2.12. The molecular weight excluding hydrogens is 292 g/mol. The van der Waals surface area contributed by atoms with Crippen molar-refractivity contribution >= 4 is 28.8 Å². The Labute approximate surface area is 133 Å². The molecular formula is C17H16N4O2. The van der Waals surface area contributed by atoms with Gasteiger partial charge in [0.05, 0.1) is 0 Å². The average molecular weight is 308 g/mol. The number of amides is 2. The number of aryl methyl sites for hydroxylation is 1. The number of hydrogen-bond donors (Lipinski definition) is 2. The first kappa shape index (κ1) is 14.8. The van der Waals surface area contributed by atoms with E-state index in [0.717, 1.165) is 11.2 Å². The zero-order chi connectivity index (χ0) is 16.4. The molecule has 116 valence electrons. The molecule has 0 aliphatic heterocycles. The molecule has 2 amide bonds. The quantitative estimate of drug-likeness (QED) is 0.781. The summed E-state index contributed by atoms with van der Waals surface area (Å²) in [5.41, 5.74) is 3.48. The fraction of sp³-hybridized carbons (Fsp3) is 0.118. The summed E-state index contributed by atoms with van der Waals surface area (Å²) in [5, 5.41) is 5.46. The van der Waals surface area contributed by atoms with Crippen molar-refractivity contribution in [3.63, 3.8) is 0 Å². The molecule has 0 saturated heterocycles. The van der Waals surface area contributed by atoms with Crippen LogP contribution in [0.25, 0.3) is 5.65 Å². The average Bonchev–Trinajstić information content (AvgIpc) is 2.92. The van der Waals surface area contributed by atoms with Gasteiger partial charge in [-0.05, 0) is 48.9 Å².